The Morgan fingerprint density at radius 3 is 2.47 bits per heavy atom. The van der Waals surface area contributed by atoms with Gasteiger partial charge in [0.05, 0.1) is 0 Å². The van der Waals surface area contributed by atoms with E-state index in [0.717, 1.165) is 37.1 Å². The molecule has 2 amide bonds. The molecule has 0 spiro atoms. The van der Waals surface area contributed by atoms with E-state index in [1.54, 1.807) is 26.8 Å². The fourth-order valence-electron chi connectivity index (χ4n) is 5.03. The van der Waals surface area contributed by atoms with Gasteiger partial charge in [0.2, 0.25) is 5.91 Å². The Balaban J connectivity index is 1.55. The highest BCUT2D eigenvalue weighted by Crippen LogP contribution is 2.37. The minimum absolute atomic E-state index is 0.122. The van der Waals surface area contributed by atoms with Gasteiger partial charge in [-0.2, -0.15) is 0 Å². The lowest BCUT2D eigenvalue weighted by atomic mass is 9.82. The number of nitrogens with one attached hydrogen (secondary N) is 1. The molecule has 182 valence electrons. The molecule has 0 aromatic heterocycles. The zero-order chi connectivity index (χ0) is 24.5. The number of ether oxygens (including phenoxy) is 1. The van der Waals surface area contributed by atoms with Crippen LogP contribution in [0.1, 0.15) is 45.6 Å². The molecule has 2 aromatic rings. The highest BCUT2D eigenvalue weighted by Gasteiger charge is 2.47. The SMILES string of the molecule is CC(C)(C)OC(=O)N1C(=O)C(C2CCNCC2)C[C@H]1Cc1ccc(-c2cc(Cl)ccc2F)cc1. The van der Waals surface area contributed by atoms with Crippen molar-refractivity contribution in [3.8, 4) is 11.1 Å². The maximum absolute atomic E-state index is 14.3. The van der Waals surface area contributed by atoms with E-state index in [4.69, 9.17) is 16.3 Å². The third-order valence-corrected chi connectivity index (χ3v) is 6.89. The van der Waals surface area contributed by atoms with Crippen LogP contribution in [0.3, 0.4) is 0 Å². The normalized spacial score (nSPS) is 21.7. The van der Waals surface area contributed by atoms with Gasteiger partial charge in [-0.1, -0.05) is 35.9 Å². The van der Waals surface area contributed by atoms with Crippen molar-refractivity contribution in [3.63, 3.8) is 0 Å². The van der Waals surface area contributed by atoms with E-state index >= 15 is 0 Å². The molecule has 2 fully saturated rings. The summed E-state index contributed by atoms with van der Waals surface area (Å²) in [4.78, 5) is 27.8. The molecule has 2 saturated heterocycles. The molecule has 0 aliphatic carbocycles. The van der Waals surface area contributed by atoms with E-state index < -0.39 is 11.7 Å². The molecular formula is C27H32ClFN2O3. The van der Waals surface area contributed by atoms with Crippen molar-refractivity contribution in [3.05, 3.63) is 58.9 Å². The number of carbonyl (C=O) groups excluding carboxylic acids is 2. The average molecular weight is 487 g/mol. The minimum Gasteiger partial charge on any atom is -0.443 e. The van der Waals surface area contributed by atoms with Crippen LogP contribution in [0.25, 0.3) is 11.1 Å². The fraction of sp³-hybridized carbons (Fsp3) is 0.481. The van der Waals surface area contributed by atoms with Gasteiger partial charge in [0.25, 0.3) is 0 Å². The van der Waals surface area contributed by atoms with Gasteiger partial charge in [-0.05, 0) is 94.8 Å². The van der Waals surface area contributed by atoms with Gasteiger partial charge in [0.15, 0.2) is 0 Å². The molecule has 1 N–H and O–H groups in total. The van der Waals surface area contributed by atoms with E-state index in [1.165, 1.54) is 17.0 Å². The molecular weight excluding hydrogens is 455 g/mol. The highest BCUT2D eigenvalue weighted by atomic mass is 35.5. The van der Waals surface area contributed by atoms with Crippen molar-refractivity contribution in [1.29, 1.82) is 0 Å². The summed E-state index contributed by atoms with van der Waals surface area (Å²) in [6.07, 6.45) is 2.46. The molecule has 5 nitrogen and oxygen atoms in total. The molecule has 34 heavy (non-hydrogen) atoms. The van der Waals surface area contributed by atoms with Crippen LogP contribution in [-0.2, 0) is 16.0 Å². The van der Waals surface area contributed by atoms with E-state index in [0.29, 0.717) is 23.4 Å². The Morgan fingerprint density at radius 1 is 1.15 bits per heavy atom. The number of likely N-dealkylation sites (tertiary alicyclic amines) is 1. The van der Waals surface area contributed by atoms with Crippen LogP contribution in [0.2, 0.25) is 5.02 Å². The number of imide groups is 1. The predicted octanol–water partition coefficient (Wildman–Crippen LogP) is 5.84. The number of nitrogens with zero attached hydrogens (tertiary/aromatic N) is 1. The van der Waals surface area contributed by atoms with E-state index in [2.05, 4.69) is 5.32 Å². The second-order valence-corrected chi connectivity index (χ2v) is 10.7. The zero-order valence-corrected chi connectivity index (χ0v) is 20.7. The zero-order valence-electron chi connectivity index (χ0n) is 19.9. The van der Waals surface area contributed by atoms with E-state index in [1.807, 2.05) is 24.3 Å². The summed E-state index contributed by atoms with van der Waals surface area (Å²) in [6, 6.07) is 11.8. The van der Waals surface area contributed by atoms with Crippen LogP contribution in [0.4, 0.5) is 9.18 Å². The van der Waals surface area contributed by atoms with Gasteiger partial charge in [-0.15, -0.1) is 0 Å². The van der Waals surface area contributed by atoms with Crippen LogP contribution in [0.5, 0.6) is 0 Å². The third kappa shape index (κ3) is 5.61. The van der Waals surface area contributed by atoms with Crippen molar-refractivity contribution in [1.82, 2.24) is 10.2 Å². The second-order valence-electron chi connectivity index (χ2n) is 10.3. The summed E-state index contributed by atoms with van der Waals surface area (Å²) in [5.74, 6) is -0.348. The van der Waals surface area contributed by atoms with Crippen molar-refractivity contribution >= 4 is 23.6 Å². The van der Waals surface area contributed by atoms with Crippen LogP contribution >= 0.6 is 11.6 Å². The number of hydrogen-bond acceptors (Lipinski definition) is 4. The molecule has 7 heteroatoms. The monoisotopic (exact) mass is 486 g/mol. The quantitative estimate of drug-likeness (QED) is 0.589. The number of rotatable bonds is 4. The summed E-state index contributed by atoms with van der Waals surface area (Å²) in [6.45, 7) is 7.20. The molecule has 2 aromatic carbocycles. The largest absolute Gasteiger partial charge is 0.443 e. The minimum atomic E-state index is -0.683. The lowest BCUT2D eigenvalue weighted by molar-refractivity contribution is -0.132. The molecule has 1 unspecified atom stereocenters. The lowest BCUT2D eigenvalue weighted by Gasteiger charge is -2.28. The molecule has 0 saturated carbocycles. The summed E-state index contributed by atoms with van der Waals surface area (Å²) in [5.41, 5.74) is 1.46. The Morgan fingerprint density at radius 2 is 1.82 bits per heavy atom. The van der Waals surface area contributed by atoms with Crippen LogP contribution in [0, 0.1) is 17.7 Å². The van der Waals surface area contributed by atoms with Crippen LogP contribution < -0.4 is 5.32 Å². The average Bonchev–Trinajstić information content (AvgIpc) is 3.11. The second kappa shape index (κ2) is 10.0. The molecule has 2 aliphatic heterocycles. The Hall–Kier alpha value is -2.44. The number of amides is 2. The van der Waals surface area contributed by atoms with Gasteiger partial charge >= 0.3 is 6.09 Å². The van der Waals surface area contributed by atoms with E-state index in [9.17, 15) is 14.0 Å². The number of benzene rings is 2. The van der Waals surface area contributed by atoms with Crippen LogP contribution in [-0.4, -0.2) is 41.6 Å². The first kappa shape index (κ1) is 24.7. The van der Waals surface area contributed by atoms with Gasteiger partial charge < -0.3 is 10.1 Å². The van der Waals surface area contributed by atoms with Gasteiger partial charge in [0, 0.05) is 22.5 Å². The smallest absolute Gasteiger partial charge is 0.417 e. The number of piperidine rings is 1. The van der Waals surface area contributed by atoms with Crippen molar-refractivity contribution in [2.75, 3.05) is 13.1 Å². The predicted molar refractivity (Wildman–Crippen MR) is 131 cm³/mol. The van der Waals surface area contributed by atoms with Crippen molar-refractivity contribution in [2.24, 2.45) is 11.8 Å². The molecule has 2 aliphatic rings. The number of carbonyl (C=O) groups is 2. The maximum Gasteiger partial charge on any atom is 0.417 e. The number of hydrogen-bond donors (Lipinski definition) is 1. The Kier molecular flexibility index (Phi) is 7.29. The summed E-state index contributed by atoms with van der Waals surface area (Å²) >= 11 is 6.04. The maximum atomic E-state index is 14.3. The molecule has 4 rings (SSSR count). The first-order valence-corrected chi connectivity index (χ1v) is 12.3. The lowest BCUT2D eigenvalue weighted by Crippen LogP contribution is -2.44. The molecule has 2 atom stereocenters. The third-order valence-electron chi connectivity index (χ3n) is 6.65. The molecule has 0 radical (unpaired) electrons. The molecule has 0 bridgehead atoms. The Bertz CT molecular complexity index is 1040. The van der Waals surface area contributed by atoms with Crippen LogP contribution in [0.15, 0.2) is 42.5 Å². The first-order valence-electron chi connectivity index (χ1n) is 11.9. The van der Waals surface area contributed by atoms with Crippen molar-refractivity contribution < 1.29 is 18.7 Å². The highest BCUT2D eigenvalue weighted by molar-refractivity contribution is 6.30. The van der Waals surface area contributed by atoms with Crippen molar-refractivity contribution in [2.45, 2.75) is 58.1 Å². The summed E-state index contributed by atoms with van der Waals surface area (Å²) in [5, 5.41) is 3.82. The van der Waals surface area contributed by atoms with Gasteiger partial charge in [-0.3, -0.25) is 4.79 Å². The first-order chi connectivity index (χ1) is 16.1. The topological polar surface area (TPSA) is 58.6 Å². The number of halogens is 2. The fourth-order valence-corrected chi connectivity index (χ4v) is 5.21. The summed E-state index contributed by atoms with van der Waals surface area (Å²) in [7, 11) is 0. The summed E-state index contributed by atoms with van der Waals surface area (Å²) < 4.78 is 19.9. The molecule has 2 heterocycles. The van der Waals surface area contributed by atoms with Gasteiger partial charge in [-0.25, -0.2) is 14.1 Å². The van der Waals surface area contributed by atoms with Gasteiger partial charge in [0.1, 0.15) is 11.4 Å². The Labute approximate surface area is 205 Å². The standard InChI is InChI=1S/C27H32ClFN2O3/c1-27(2,3)34-26(33)31-21(16-23(25(31)32)19-10-12-30-13-11-19)14-17-4-6-18(7-5-17)22-15-20(28)8-9-24(22)29/h4-9,15,19,21,23,30H,10-14,16H2,1-3H3/t21-,23?/m1/s1. The van der Waals surface area contributed by atoms with E-state index in [-0.39, 0.29) is 29.6 Å².